The second-order valence-electron chi connectivity index (χ2n) is 11.9. The molecule has 6 aromatic rings. The fourth-order valence-corrected chi connectivity index (χ4v) is 6.22. The summed E-state index contributed by atoms with van der Waals surface area (Å²) in [4.78, 5) is 21.7. The Morgan fingerprint density at radius 1 is 0.886 bits per heavy atom. The van der Waals surface area contributed by atoms with Gasteiger partial charge in [-0.25, -0.2) is 18.7 Å². The van der Waals surface area contributed by atoms with Crippen molar-refractivity contribution < 1.29 is 23.4 Å². The van der Waals surface area contributed by atoms with Crippen LogP contribution in [0.1, 0.15) is 36.8 Å². The standard InChI is InChI=1S/C36H29F2N3O3/c1-36(2)32(33(36)35(42)43)34-40-30-18-27(44-20-26-14-11-22-5-3-4-6-29(22)39-26)15-16-31(30)41(34)19-24-8-7-23(17-28(24)38)21-9-12-25(37)13-10-21/h3-18,32-33H,19-20H2,1-2H3,(H,42,43)/t32-,33+/m1/s1. The zero-order valence-corrected chi connectivity index (χ0v) is 24.2. The van der Waals surface area contributed by atoms with Crippen LogP contribution in [-0.4, -0.2) is 25.6 Å². The summed E-state index contributed by atoms with van der Waals surface area (Å²) in [7, 11) is 0. The first-order valence-electron chi connectivity index (χ1n) is 14.4. The van der Waals surface area contributed by atoms with Gasteiger partial charge in [-0.3, -0.25) is 4.79 Å². The van der Waals surface area contributed by atoms with E-state index in [-0.39, 0.29) is 24.9 Å². The number of aliphatic carboxylic acids is 1. The number of para-hydroxylation sites is 1. The van der Waals surface area contributed by atoms with Crippen LogP contribution in [0.4, 0.5) is 8.78 Å². The van der Waals surface area contributed by atoms with Crippen molar-refractivity contribution in [2.45, 2.75) is 32.9 Å². The Hall–Kier alpha value is -5.11. The Bertz CT molecular complexity index is 2050. The van der Waals surface area contributed by atoms with Crippen molar-refractivity contribution in [1.29, 1.82) is 0 Å². The summed E-state index contributed by atoms with van der Waals surface area (Å²) >= 11 is 0. The maximum atomic E-state index is 15.5. The smallest absolute Gasteiger partial charge is 0.307 e. The fourth-order valence-electron chi connectivity index (χ4n) is 6.22. The molecular formula is C36H29F2N3O3. The Morgan fingerprint density at radius 2 is 1.66 bits per heavy atom. The normalized spacial score (nSPS) is 17.2. The number of carboxylic acid groups (broad SMARTS) is 1. The van der Waals surface area contributed by atoms with E-state index in [0.29, 0.717) is 33.8 Å². The minimum atomic E-state index is -0.875. The quantitative estimate of drug-likeness (QED) is 0.195. The number of carboxylic acids is 1. The molecule has 44 heavy (non-hydrogen) atoms. The number of ether oxygens (including phenoxy) is 1. The lowest BCUT2D eigenvalue weighted by Gasteiger charge is -2.13. The van der Waals surface area contributed by atoms with Gasteiger partial charge in [-0.2, -0.15) is 0 Å². The summed E-state index contributed by atoms with van der Waals surface area (Å²) < 4.78 is 36.9. The van der Waals surface area contributed by atoms with Gasteiger partial charge in [0.05, 0.1) is 34.7 Å². The van der Waals surface area contributed by atoms with Crippen molar-refractivity contribution >= 4 is 27.9 Å². The Labute approximate surface area is 252 Å². The highest BCUT2D eigenvalue weighted by atomic mass is 19.1. The molecule has 0 bridgehead atoms. The maximum absolute atomic E-state index is 15.5. The molecule has 1 aliphatic carbocycles. The van der Waals surface area contributed by atoms with Gasteiger partial charge in [0.15, 0.2) is 0 Å². The minimum Gasteiger partial charge on any atom is -0.487 e. The van der Waals surface area contributed by atoms with Gasteiger partial charge in [0, 0.05) is 22.9 Å². The Balaban J connectivity index is 1.21. The van der Waals surface area contributed by atoms with Crippen LogP contribution in [0, 0.1) is 23.0 Å². The van der Waals surface area contributed by atoms with E-state index in [4.69, 9.17) is 9.72 Å². The van der Waals surface area contributed by atoms with Crippen LogP contribution in [0.5, 0.6) is 5.75 Å². The van der Waals surface area contributed by atoms with Crippen LogP contribution in [0.15, 0.2) is 97.1 Å². The summed E-state index contributed by atoms with van der Waals surface area (Å²) in [5, 5.41) is 11.0. The van der Waals surface area contributed by atoms with Gasteiger partial charge in [0.2, 0.25) is 0 Å². The first kappa shape index (κ1) is 27.7. The van der Waals surface area contributed by atoms with E-state index in [1.54, 1.807) is 24.3 Å². The average Bonchev–Trinajstić information content (AvgIpc) is 3.43. The van der Waals surface area contributed by atoms with Crippen molar-refractivity contribution in [3.63, 3.8) is 0 Å². The molecule has 0 saturated heterocycles. The lowest BCUT2D eigenvalue weighted by molar-refractivity contribution is -0.139. The van der Waals surface area contributed by atoms with Gasteiger partial charge in [0.1, 0.15) is 29.8 Å². The topological polar surface area (TPSA) is 77.2 Å². The highest BCUT2D eigenvalue weighted by Gasteiger charge is 2.64. The molecule has 6 nitrogen and oxygen atoms in total. The van der Waals surface area contributed by atoms with Gasteiger partial charge >= 0.3 is 5.97 Å². The average molecular weight is 590 g/mol. The zero-order valence-electron chi connectivity index (χ0n) is 24.2. The molecule has 1 saturated carbocycles. The van der Waals surface area contributed by atoms with Crippen molar-refractivity contribution in [1.82, 2.24) is 14.5 Å². The van der Waals surface area contributed by atoms with E-state index in [1.165, 1.54) is 18.2 Å². The predicted octanol–water partition coefficient (Wildman–Crippen LogP) is 7.98. The predicted molar refractivity (Wildman–Crippen MR) is 164 cm³/mol. The number of carbonyl (C=O) groups is 1. The first-order chi connectivity index (χ1) is 21.2. The lowest BCUT2D eigenvalue weighted by Crippen LogP contribution is -2.08. The van der Waals surface area contributed by atoms with Crippen LogP contribution in [0.3, 0.4) is 0 Å². The van der Waals surface area contributed by atoms with Gasteiger partial charge in [-0.1, -0.05) is 62.4 Å². The summed E-state index contributed by atoms with van der Waals surface area (Å²) in [6.07, 6.45) is 0. The number of aromatic nitrogens is 3. The molecule has 4 aromatic carbocycles. The number of nitrogens with zero attached hydrogens (tertiary/aromatic N) is 3. The van der Waals surface area contributed by atoms with Crippen LogP contribution in [0.2, 0.25) is 0 Å². The third kappa shape index (κ3) is 4.96. The van der Waals surface area contributed by atoms with E-state index in [9.17, 15) is 14.3 Å². The molecular weight excluding hydrogens is 560 g/mol. The largest absolute Gasteiger partial charge is 0.487 e. The highest BCUT2D eigenvalue weighted by molar-refractivity contribution is 5.81. The number of fused-ring (bicyclic) bond motifs is 2. The van der Waals surface area contributed by atoms with Crippen molar-refractivity contribution in [3.8, 4) is 16.9 Å². The highest BCUT2D eigenvalue weighted by Crippen LogP contribution is 2.64. The molecule has 2 heterocycles. The number of hydrogen-bond acceptors (Lipinski definition) is 4. The third-order valence-corrected chi connectivity index (χ3v) is 8.72. The van der Waals surface area contributed by atoms with Crippen LogP contribution < -0.4 is 4.74 Å². The van der Waals surface area contributed by atoms with Crippen molar-refractivity contribution in [2.75, 3.05) is 0 Å². The van der Waals surface area contributed by atoms with Crippen LogP contribution in [0.25, 0.3) is 33.1 Å². The molecule has 0 radical (unpaired) electrons. The molecule has 0 aliphatic heterocycles. The molecule has 0 spiro atoms. The van der Waals surface area contributed by atoms with E-state index < -0.39 is 23.1 Å². The van der Waals surface area contributed by atoms with Crippen LogP contribution >= 0.6 is 0 Å². The van der Waals surface area contributed by atoms with Gasteiger partial charge < -0.3 is 14.4 Å². The van der Waals surface area contributed by atoms with E-state index >= 15 is 4.39 Å². The monoisotopic (exact) mass is 589 g/mol. The maximum Gasteiger partial charge on any atom is 0.307 e. The first-order valence-corrected chi connectivity index (χ1v) is 14.4. The molecule has 0 amide bonds. The molecule has 1 fully saturated rings. The molecule has 8 heteroatoms. The van der Waals surface area contributed by atoms with Gasteiger partial charge in [-0.15, -0.1) is 0 Å². The molecule has 1 N–H and O–H groups in total. The Kier molecular flexibility index (Phi) is 6.65. The van der Waals surface area contributed by atoms with Crippen LogP contribution in [-0.2, 0) is 17.9 Å². The second kappa shape index (κ2) is 10.6. The number of imidazole rings is 1. The molecule has 220 valence electrons. The van der Waals surface area contributed by atoms with E-state index in [2.05, 4.69) is 4.98 Å². The van der Waals surface area contributed by atoms with E-state index in [1.807, 2.05) is 73.0 Å². The third-order valence-electron chi connectivity index (χ3n) is 8.72. The van der Waals surface area contributed by atoms with Gasteiger partial charge in [-0.05, 0) is 59.0 Å². The fraction of sp³-hybridized carbons (Fsp3) is 0.194. The molecule has 2 atom stereocenters. The SMILES string of the molecule is CC1(C)[C@H](C(=O)O)[C@@H]1c1nc2cc(OCc3ccc4ccccc4n3)ccc2n1Cc1ccc(-c2ccc(F)cc2)cc1F. The summed E-state index contributed by atoms with van der Waals surface area (Å²) in [5.41, 5.74) is 4.36. The Morgan fingerprint density at radius 3 is 2.41 bits per heavy atom. The molecule has 2 aromatic heterocycles. The molecule has 1 aliphatic rings. The van der Waals surface area contributed by atoms with Crippen molar-refractivity contribution in [2.24, 2.45) is 11.3 Å². The number of hydrogen-bond donors (Lipinski definition) is 1. The van der Waals surface area contributed by atoms with E-state index in [0.717, 1.165) is 22.1 Å². The summed E-state index contributed by atoms with van der Waals surface area (Å²) in [5.74, 6) is -1.37. The second-order valence-corrected chi connectivity index (χ2v) is 11.9. The zero-order chi connectivity index (χ0) is 30.6. The lowest BCUT2D eigenvalue weighted by atomic mass is 10.0. The number of rotatable bonds is 8. The van der Waals surface area contributed by atoms with Gasteiger partial charge in [0.25, 0.3) is 0 Å². The molecule has 7 rings (SSSR count). The summed E-state index contributed by atoms with van der Waals surface area (Å²) in [6, 6.07) is 28.3. The molecule has 0 unspecified atom stereocenters. The summed E-state index contributed by atoms with van der Waals surface area (Å²) in [6.45, 7) is 4.28. The number of halogens is 2. The number of benzene rings is 4. The van der Waals surface area contributed by atoms with Crippen molar-refractivity contribution in [3.05, 3.63) is 126 Å². The minimum absolute atomic E-state index is 0.168. The number of pyridine rings is 1.